The summed E-state index contributed by atoms with van der Waals surface area (Å²) in [6.45, 7) is 2.50. The van der Waals surface area contributed by atoms with Crippen LogP contribution >= 0.6 is 34.7 Å². The van der Waals surface area contributed by atoms with Crippen molar-refractivity contribution in [1.82, 2.24) is 10.2 Å². The minimum Gasteiger partial charge on any atom is -0.495 e. The molecule has 1 aromatic heterocycles. The molecule has 1 amide bonds. The van der Waals surface area contributed by atoms with E-state index in [0.717, 1.165) is 11.4 Å². The number of benzene rings is 2. The summed E-state index contributed by atoms with van der Waals surface area (Å²) >= 11 is 8.65. The Hall–Kier alpha value is -2.49. The molecule has 10 heteroatoms. The molecule has 29 heavy (non-hydrogen) atoms. The van der Waals surface area contributed by atoms with Crippen LogP contribution in [0.3, 0.4) is 0 Å². The number of thioether (sulfide) groups is 1. The van der Waals surface area contributed by atoms with Gasteiger partial charge in [0.05, 0.1) is 30.8 Å². The van der Waals surface area contributed by atoms with E-state index in [2.05, 4.69) is 20.8 Å². The zero-order chi connectivity index (χ0) is 20.6. The van der Waals surface area contributed by atoms with E-state index in [1.165, 1.54) is 30.2 Å². The van der Waals surface area contributed by atoms with Crippen molar-refractivity contribution in [3.05, 3.63) is 47.5 Å². The SMILES string of the molecule is CCOc1ccccc1Nc1nnc(SCC(=O)Nc2cc(Cl)ccc2OC)s1. The smallest absolute Gasteiger partial charge is 0.234 e. The first-order valence-corrected chi connectivity index (χ1v) is 10.9. The Morgan fingerprint density at radius 1 is 1.17 bits per heavy atom. The van der Waals surface area contributed by atoms with Crippen LogP contribution < -0.4 is 20.1 Å². The highest BCUT2D eigenvalue weighted by atomic mass is 35.5. The number of amides is 1. The molecule has 0 spiro atoms. The summed E-state index contributed by atoms with van der Waals surface area (Å²) in [5.41, 5.74) is 1.34. The molecule has 0 aliphatic carbocycles. The van der Waals surface area contributed by atoms with E-state index in [-0.39, 0.29) is 11.7 Å². The molecule has 0 aliphatic heterocycles. The summed E-state index contributed by atoms with van der Waals surface area (Å²) in [4.78, 5) is 12.3. The van der Waals surface area contributed by atoms with Crippen LogP contribution in [0.2, 0.25) is 5.02 Å². The van der Waals surface area contributed by atoms with Gasteiger partial charge in [0.1, 0.15) is 11.5 Å². The van der Waals surface area contributed by atoms with Gasteiger partial charge in [-0.2, -0.15) is 0 Å². The lowest BCUT2D eigenvalue weighted by Crippen LogP contribution is -2.14. The van der Waals surface area contributed by atoms with Gasteiger partial charge in [0.2, 0.25) is 11.0 Å². The Kier molecular flexibility index (Phi) is 7.56. The first kappa shape index (κ1) is 21.2. The molecular formula is C19H19ClN4O3S2. The van der Waals surface area contributed by atoms with Gasteiger partial charge < -0.3 is 20.1 Å². The summed E-state index contributed by atoms with van der Waals surface area (Å²) < 4.78 is 11.5. The van der Waals surface area contributed by atoms with Gasteiger partial charge in [0, 0.05) is 5.02 Å². The first-order valence-electron chi connectivity index (χ1n) is 8.67. The maximum atomic E-state index is 12.3. The second-order valence-corrected chi connectivity index (χ2v) is 8.25. The highest BCUT2D eigenvalue weighted by Crippen LogP contribution is 2.32. The fraction of sp³-hybridized carbons (Fsp3) is 0.211. The Balaban J connectivity index is 1.57. The lowest BCUT2D eigenvalue weighted by atomic mass is 10.3. The van der Waals surface area contributed by atoms with Crippen LogP contribution in [-0.4, -0.2) is 35.6 Å². The number of nitrogens with zero attached hydrogens (tertiary/aromatic N) is 2. The molecule has 2 aromatic carbocycles. The molecule has 1 heterocycles. The van der Waals surface area contributed by atoms with Gasteiger partial charge in [-0.1, -0.05) is 46.8 Å². The molecule has 0 unspecified atom stereocenters. The van der Waals surface area contributed by atoms with Crippen molar-refractivity contribution < 1.29 is 14.3 Å². The normalized spacial score (nSPS) is 10.4. The monoisotopic (exact) mass is 450 g/mol. The highest BCUT2D eigenvalue weighted by Gasteiger charge is 2.12. The quantitative estimate of drug-likeness (QED) is 0.440. The minimum absolute atomic E-state index is 0.180. The van der Waals surface area contributed by atoms with Crippen LogP contribution in [0.5, 0.6) is 11.5 Å². The molecule has 7 nitrogen and oxygen atoms in total. The number of aromatic nitrogens is 2. The minimum atomic E-state index is -0.193. The van der Waals surface area contributed by atoms with E-state index in [1.807, 2.05) is 31.2 Å². The van der Waals surface area contributed by atoms with Gasteiger partial charge in [-0.3, -0.25) is 4.79 Å². The highest BCUT2D eigenvalue weighted by molar-refractivity contribution is 8.01. The van der Waals surface area contributed by atoms with Crippen LogP contribution in [0.15, 0.2) is 46.8 Å². The maximum absolute atomic E-state index is 12.3. The molecule has 0 fully saturated rings. The summed E-state index contributed by atoms with van der Waals surface area (Å²) in [6, 6.07) is 12.7. The number of ether oxygens (including phenoxy) is 2. The van der Waals surface area contributed by atoms with Crippen molar-refractivity contribution in [2.75, 3.05) is 30.1 Å². The van der Waals surface area contributed by atoms with Crippen LogP contribution in [-0.2, 0) is 4.79 Å². The van der Waals surface area contributed by atoms with Gasteiger partial charge in [0.15, 0.2) is 4.34 Å². The number of nitrogens with one attached hydrogen (secondary N) is 2. The third kappa shape index (κ3) is 5.99. The van der Waals surface area contributed by atoms with Crippen LogP contribution in [0.4, 0.5) is 16.5 Å². The number of hydrogen-bond acceptors (Lipinski definition) is 8. The standard InChI is InChI=1S/C19H19ClN4O3S2/c1-3-27-16-7-5-4-6-13(16)22-18-23-24-19(29-18)28-11-17(25)21-14-10-12(20)8-9-15(14)26-2/h4-10H,3,11H2,1-2H3,(H,21,25)(H,22,23). The van der Waals surface area contributed by atoms with Crippen molar-refractivity contribution in [1.29, 1.82) is 0 Å². The van der Waals surface area contributed by atoms with E-state index in [4.69, 9.17) is 21.1 Å². The van der Waals surface area contributed by atoms with Crippen molar-refractivity contribution in [2.45, 2.75) is 11.3 Å². The van der Waals surface area contributed by atoms with E-state index >= 15 is 0 Å². The predicted molar refractivity (Wildman–Crippen MR) is 118 cm³/mol. The number of rotatable bonds is 9. The summed E-state index contributed by atoms with van der Waals surface area (Å²) in [5, 5.41) is 15.4. The maximum Gasteiger partial charge on any atom is 0.234 e. The van der Waals surface area contributed by atoms with Crippen molar-refractivity contribution in [3.8, 4) is 11.5 Å². The number of carbonyl (C=O) groups excluding carboxylic acids is 1. The molecule has 0 aliphatic rings. The number of para-hydroxylation sites is 2. The third-order valence-corrected chi connectivity index (χ3v) is 5.80. The number of methoxy groups -OCH3 is 1. The molecule has 3 aromatic rings. The molecule has 152 valence electrons. The Morgan fingerprint density at radius 2 is 2.00 bits per heavy atom. The van der Waals surface area contributed by atoms with Crippen LogP contribution in [0.1, 0.15) is 6.92 Å². The topological polar surface area (TPSA) is 85.4 Å². The van der Waals surface area contributed by atoms with Gasteiger partial charge in [-0.15, -0.1) is 10.2 Å². The zero-order valence-corrected chi connectivity index (χ0v) is 18.2. The van der Waals surface area contributed by atoms with Crippen LogP contribution in [0, 0.1) is 0 Å². The molecule has 3 rings (SSSR count). The molecule has 0 atom stereocenters. The number of carbonyl (C=O) groups is 1. The van der Waals surface area contributed by atoms with E-state index in [9.17, 15) is 4.79 Å². The third-order valence-electron chi connectivity index (χ3n) is 3.60. The van der Waals surface area contributed by atoms with E-state index < -0.39 is 0 Å². The van der Waals surface area contributed by atoms with E-state index in [1.54, 1.807) is 18.2 Å². The number of anilines is 3. The van der Waals surface area contributed by atoms with Crippen molar-refractivity contribution >= 4 is 57.1 Å². The largest absolute Gasteiger partial charge is 0.495 e. The summed E-state index contributed by atoms with van der Waals surface area (Å²) in [6.07, 6.45) is 0. The molecule has 2 N–H and O–H groups in total. The average Bonchev–Trinajstić information content (AvgIpc) is 3.16. The zero-order valence-electron chi connectivity index (χ0n) is 15.8. The summed E-state index contributed by atoms with van der Waals surface area (Å²) in [7, 11) is 1.53. The van der Waals surface area contributed by atoms with Gasteiger partial charge in [0.25, 0.3) is 0 Å². The fourth-order valence-corrected chi connectivity index (χ4v) is 4.11. The lowest BCUT2D eigenvalue weighted by molar-refractivity contribution is -0.113. The molecule has 0 saturated carbocycles. The molecular weight excluding hydrogens is 432 g/mol. The molecule has 0 bridgehead atoms. The van der Waals surface area contributed by atoms with E-state index in [0.29, 0.717) is 32.5 Å². The summed E-state index contributed by atoms with van der Waals surface area (Å²) in [5.74, 6) is 1.28. The van der Waals surface area contributed by atoms with Crippen LogP contribution in [0.25, 0.3) is 0 Å². The Bertz CT molecular complexity index is 984. The van der Waals surface area contributed by atoms with Gasteiger partial charge in [-0.25, -0.2) is 0 Å². The van der Waals surface area contributed by atoms with Crippen molar-refractivity contribution in [2.24, 2.45) is 0 Å². The number of hydrogen-bond donors (Lipinski definition) is 2. The molecule has 0 radical (unpaired) electrons. The lowest BCUT2D eigenvalue weighted by Gasteiger charge is -2.10. The predicted octanol–water partition coefficient (Wildman–Crippen LogP) is 5.07. The van der Waals surface area contributed by atoms with Crippen molar-refractivity contribution in [3.63, 3.8) is 0 Å². The Morgan fingerprint density at radius 3 is 2.79 bits per heavy atom. The van der Waals surface area contributed by atoms with Gasteiger partial charge >= 0.3 is 0 Å². The number of halogens is 1. The second kappa shape index (κ2) is 10.3. The Labute approximate surface area is 181 Å². The second-order valence-electron chi connectivity index (χ2n) is 5.61. The fourth-order valence-electron chi connectivity index (χ4n) is 2.38. The van der Waals surface area contributed by atoms with Gasteiger partial charge in [-0.05, 0) is 37.3 Å². The molecule has 0 saturated heterocycles. The first-order chi connectivity index (χ1) is 14.1. The average molecular weight is 451 g/mol.